The van der Waals surface area contributed by atoms with Gasteiger partial charge in [0.15, 0.2) is 0 Å². The summed E-state index contributed by atoms with van der Waals surface area (Å²) in [7, 11) is 3.73. The van der Waals surface area contributed by atoms with Crippen molar-refractivity contribution in [2.24, 2.45) is 0 Å². The molecule has 2 aromatic carbocycles. The minimum Gasteiger partial charge on any atom is -0.391 e. The summed E-state index contributed by atoms with van der Waals surface area (Å²) in [6.07, 6.45) is 6.70. The van der Waals surface area contributed by atoms with Gasteiger partial charge in [-0.2, -0.15) is 0 Å². The van der Waals surface area contributed by atoms with Crippen LogP contribution < -0.4 is 15.8 Å². The quantitative estimate of drug-likeness (QED) is 0.741. The molecule has 5 heteroatoms. The smallest absolute Gasteiger partial charge is 0.149 e. The molecular formula is C24H23F2N3. The topological polar surface area (TPSA) is 28.2 Å². The first-order valence-electron chi connectivity index (χ1n) is 9.60. The Morgan fingerprint density at radius 3 is 2.69 bits per heavy atom. The fourth-order valence-corrected chi connectivity index (χ4v) is 3.67. The summed E-state index contributed by atoms with van der Waals surface area (Å²) in [6.45, 7) is 4.68. The number of hydrogen-bond donors (Lipinski definition) is 1. The van der Waals surface area contributed by atoms with Crippen molar-refractivity contribution in [3.63, 3.8) is 0 Å². The first kappa shape index (κ1) is 19.1. The van der Waals surface area contributed by atoms with Crippen molar-refractivity contribution in [3.8, 4) is 11.3 Å². The molecule has 1 aliphatic rings. The molecule has 1 atom stereocenters. The van der Waals surface area contributed by atoms with Crippen LogP contribution in [0.3, 0.4) is 0 Å². The lowest BCUT2D eigenvalue weighted by molar-refractivity contribution is 0.605. The van der Waals surface area contributed by atoms with Crippen molar-refractivity contribution in [1.29, 1.82) is 0 Å². The number of allylic oxidation sites excluding steroid dienone is 1. The minimum absolute atomic E-state index is 0.192. The zero-order valence-corrected chi connectivity index (χ0v) is 16.5. The Bertz CT molecular complexity index is 1220. The van der Waals surface area contributed by atoms with Gasteiger partial charge in [-0.3, -0.25) is 0 Å². The Morgan fingerprint density at radius 2 is 1.97 bits per heavy atom. The fourth-order valence-electron chi connectivity index (χ4n) is 3.67. The van der Waals surface area contributed by atoms with Gasteiger partial charge in [0.2, 0.25) is 0 Å². The number of aromatic nitrogens is 1. The largest absolute Gasteiger partial charge is 0.391 e. The Hall–Kier alpha value is -3.21. The maximum Gasteiger partial charge on any atom is 0.149 e. The predicted molar refractivity (Wildman–Crippen MR) is 115 cm³/mol. The number of nitrogens with one attached hydrogen (secondary N) is 1. The van der Waals surface area contributed by atoms with E-state index in [2.05, 4.69) is 23.0 Å². The van der Waals surface area contributed by atoms with E-state index in [9.17, 15) is 8.78 Å². The summed E-state index contributed by atoms with van der Waals surface area (Å²) < 4.78 is 29.3. The van der Waals surface area contributed by atoms with Crippen LogP contribution >= 0.6 is 0 Å². The molecule has 4 rings (SSSR count). The van der Waals surface area contributed by atoms with Crippen LogP contribution in [0.1, 0.15) is 17.9 Å². The Kier molecular flexibility index (Phi) is 5.05. The maximum absolute atomic E-state index is 14.9. The number of nitrogens with zero attached hydrogens (tertiary/aromatic N) is 2. The molecule has 0 saturated heterocycles. The number of hydrogen-bond acceptors (Lipinski definition) is 3. The molecule has 1 unspecified atom stereocenters. The van der Waals surface area contributed by atoms with Crippen LogP contribution in [-0.4, -0.2) is 30.5 Å². The number of pyridine rings is 1. The Labute approximate surface area is 168 Å². The summed E-state index contributed by atoms with van der Waals surface area (Å²) in [6, 6.07) is 10.4. The normalized spacial score (nSPS) is 16.8. The van der Waals surface area contributed by atoms with Crippen LogP contribution in [0.4, 0.5) is 8.78 Å². The van der Waals surface area contributed by atoms with Crippen molar-refractivity contribution < 1.29 is 8.78 Å². The average Bonchev–Trinajstić information content (AvgIpc) is 2.71. The summed E-state index contributed by atoms with van der Waals surface area (Å²) in [4.78, 5) is 6.33. The second-order valence-corrected chi connectivity index (χ2v) is 7.60. The second kappa shape index (κ2) is 7.66. The zero-order valence-electron chi connectivity index (χ0n) is 16.5. The van der Waals surface area contributed by atoms with Crippen LogP contribution in [-0.2, 0) is 0 Å². The lowest BCUT2D eigenvalue weighted by atomic mass is 9.92. The van der Waals surface area contributed by atoms with Crippen LogP contribution in [0.25, 0.3) is 34.9 Å². The van der Waals surface area contributed by atoms with Gasteiger partial charge in [-0.15, -0.1) is 0 Å². The van der Waals surface area contributed by atoms with Crippen LogP contribution in [0, 0.1) is 11.6 Å². The van der Waals surface area contributed by atoms with Gasteiger partial charge in [0.05, 0.1) is 5.69 Å². The highest BCUT2D eigenvalue weighted by molar-refractivity contribution is 5.83. The van der Waals surface area contributed by atoms with E-state index in [1.807, 2.05) is 43.4 Å². The highest BCUT2D eigenvalue weighted by Crippen LogP contribution is 2.29. The van der Waals surface area contributed by atoms with Gasteiger partial charge in [-0.1, -0.05) is 18.7 Å². The van der Waals surface area contributed by atoms with Gasteiger partial charge in [-0.25, -0.2) is 13.8 Å². The first-order valence-corrected chi connectivity index (χ1v) is 9.60. The van der Waals surface area contributed by atoms with E-state index in [-0.39, 0.29) is 11.7 Å². The Morgan fingerprint density at radius 1 is 1.14 bits per heavy atom. The molecule has 1 N–H and O–H groups in total. The summed E-state index contributed by atoms with van der Waals surface area (Å²) in [5.41, 5.74) is 2.35. The van der Waals surface area contributed by atoms with E-state index in [1.165, 1.54) is 6.07 Å². The summed E-state index contributed by atoms with van der Waals surface area (Å²) >= 11 is 0. The molecule has 0 radical (unpaired) electrons. The van der Waals surface area contributed by atoms with Gasteiger partial charge in [0.1, 0.15) is 17.2 Å². The SMILES string of the molecule is C=c1c(F)cc(-c2ccc3cc(C4C=CNCC4)cc(F)c3n2)c/c1=C/N(C)C. The third-order valence-electron chi connectivity index (χ3n) is 5.17. The van der Waals surface area contributed by atoms with E-state index >= 15 is 0 Å². The van der Waals surface area contributed by atoms with Gasteiger partial charge in [0.25, 0.3) is 0 Å². The number of halogens is 2. The van der Waals surface area contributed by atoms with Crippen molar-refractivity contribution in [3.05, 3.63) is 76.3 Å². The van der Waals surface area contributed by atoms with Crippen LogP contribution in [0.5, 0.6) is 0 Å². The second-order valence-electron chi connectivity index (χ2n) is 7.60. The lowest BCUT2D eigenvalue weighted by Crippen LogP contribution is -2.29. The van der Waals surface area contributed by atoms with Crippen molar-refractivity contribution in [1.82, 2.24) is 15.2 Å². The van der Waals surface area contributed by atoms with E-state index in [0.717, 1.165) is 23.9 Å². The fraction of sp³-hybridized carbons (Fsp3) is 0.208. The van der Waals surface area contributed by atoms with E-state index in [0.29, 0.717) is 27.2 Å². The van der Waals surface area contributed by atoms with Gasteiger partial charge in [0, 0.05) is 54.1 Å². The van der Waals surface area contributed by atoms with Gasteiger partial charge in [-0.05, 0) is 48.5 Å². The van der Waals surface area contributed by atoms with Crippen molar-refractivity contribution in [2.45, 2.75) is 12.3 Å². The standard InChI is InChI=1S/C24H23F2N3/c1-15-20(14-29(2)3)11-19(13-21(15)25)23-5-4-17-10-18(12-22(26)24(17)28-23)16-6-8-27-9-7-16/h4-6,8,10-14,16,27H,1,7,9H2,2-3H3/b20-14-. The van der Waals surface area contributed by atoms with Gasteiger partial charge >= 0.3 is 0 Å². The van der Waals surface area contributed by atoms with E-state index in [4.69, 9.17) is 0 Å². The molecule has 3 aromatic rings. The van der Waals surface area contributed by atoms with Crippen LogP contribution in [0.2, 0.25) is 0 Å². The molecule has 3 nitrogen and oxygen atoms in total. The maximum atomic E-state index is 14.9. The molecule has 29 heavy (non-hydrogen) atoms. The molecule has 0 amide bonds. The highest BCUT2D eigenvalue weighted by Gasteiger charge is 2.15. The Balaban J connectivity index is 1.81. The molecule has 148 valence electrons. The number of benzene rings is 2. The molecular weight excluding hydrogens is 368 g/mol. The van der Waals surface area contributed by atoms with Crippen LogP contribution in [0.15, 0.2) is 48.7 Å². The summed E-state index contributed by atoms with van der Waals surface area (Å²) in [5.74, 6) is -0.579. The lowest BCUT2D eigenvalue weighted by Gasteiger charge is -2.18. The molecule has 1 aliphatic heterocycles. The van der Waals surface area contributed by atoms with Crippen molar-refractivity contribution in [2.75, 3.05) is 20.6 Å². The molecule has 0 spiro atoms. The predicted octanol–water partition coefficient (Wildman–Crippen LogP) is 3.48. The molecule has 1 aromatic heterocycles. The van der Waals surface area contributed by atoms with E-state index in [1.54, 1.807) is 18.3 Å². The average molecular weight is 391 g/mol. The molecule has 0 aliphatic carbocycles. The molecule has 0 fully saturated rings. The number of rotatable bonds is 3. The third-order valence-corrected chi connectivity index (χ3v) is 5.17. The minimum atomic E-state index is -0.411. The molecule has 0 bridgehead atoms. The zero-order chi connectivity index (χ0) is 20.5. The molecule has 2 heterocycles. The highest BCUT2D eigenvalue weighted by atomic mass is 19.1. The summed E-state index contributed by atoms with van der Waals surface area (Å²) in [5, 5.41) is 4.89. The first-order chi connectivity index (χ1) is 13.9. The number of fused-ring (bicyclic) bond motifs is 1. The monoisotopic (exact) mass is 391 g/mol. The van der Waals surface area contributed by atoms with Gasteiger partial charge < -0.3 is 10.2 Å². The van der Waals surface area contributed by atoms with Crippen molar-refractivity contribution >= 4 is 23.7 Å². The van der Waals surface area contributed by atoms with E-state index < -0.39 is 5.82 Å². The molecule has 0 saturated carbocycles. The third kappa shape index (κ3) is 3.86.